The van der Waals surface area contributed by atoms with Crippen LogP contribution in [0.3, 0.4) is 0 Å². The van der Waals surface area contributed by atoms with Crippen molar-refractivity contribution in [2.75, 3.05) is 18.9 Å². The summed E-state index contributed by atoms with van der Waals surface area (Å²) in [4.78, 5) is 14.5. The molecule has 1 aliphatic heterocycles. The monoisotopic (exact) mass is 282 g/mol. The molecular weight excluding hydrogens is 264 g/mol. The van der Waals surface area contributed by atoms with Gasteiger partial charge >= 0.3 is 0 Å². The van der Waals surface area contributed by atoms with Crippen molar-refractivity contribution in [1.82, 2.24) is 4.90 Å². The van der Waals surface area contributed by atoms with E-state index in [2.05, 4.69) is 0 Å². The minimum Gasteiger partial charge on any atom is -0.491 e. The molecule has 4 nitrogen and oxygen atoms in total. The topological polar surface area (TPSA) is 55.6 Å². The number of nitrogens with zero attached hydrogens (tertiary/aromatic N) is 1. The molecule has 0 unspecified atom stereocenters. The summed E-state index contributed by atoms with van der Waals surface area (Å²) in [6.07, 6.45) is 0. The summed E-state index contributed by atoms with van der Waals surface area (Å²) in [5, 5.41) is 0. The van der Waals surface area contributed by atoms with Crippen molar-refractivity contribution < 1.29 is 9.53 Å². The van der Waals surface area contributed by atoms with Crippen LogP contribution < -0.4 is 10.5 Å². The Morgan fingerprint density at radius 1 is 1.19 bits per heavy atom. The minimum absolute atomic E-state index is 0.0449. The van der Waals surface area contributed by atoms with Gasteiger partial charge < -0.3 is 15.4 Å². The number of nitrogens with two attached hydrogens (primary N) is 1. The van der Waals surface area contributed by atoms with Gasteiger partial charge in [0, 0.05) is 17.8 Å². The Morgan fingerprint density at radius 3 is 2.86 bits per heavy atom. The number of amides is 1. The predicted molar refractivity (Wildman–Crippen MR) is 82.3 cm³/mol. The average molecular weight is 282 g/mol. The summed E-state index contributed by atoms with van der Waals surface area (Å²) < 4.78 is 5.69. The maximum absolute atomic E-state index is 12.7. The maximum Gasteiger partial charge on any atom is 0.256 e. The summed E-state index contributed by atoms with van der Waals surface area (Å²) in [7, 11) is 0. The van der Waals surface area contributed by atoms with Crippen LogP contribution in [0.1, 0.15) is 21.5 Å². The van der Waals surface area contributed by atoms with Crippen molar-refractivity contribution in [1.29, 1.82) is 0 Å². The normalized spacial score (nSPS) is 14.0. The Morgan fingerprint density at radius 2 is 2.00 bits per heavy atom. The van der Waals surface area contributed by atoms with Crippen molar-refractivity contribution in [2.24, 2.45) is 0 Å². The second kappa shape index (κ2) is 5.48. The number of nitrogen functional groups attached to an aromatic ring is 1. The first-order valence-corrected chi connectivity index (χ1v) is 7.02. The van der Waals surface area contributed by atoms with Gasteiger partial charge in [0.25, 0.3) is 5.91 Å². The van der Waals surface area contributed by atoms with E-state index in [0.717, 1.165) is 16.9 Å². The van der Waals surface area contributed by atoms with Gasteiger partial charge in [-0.1, -0.05) is 30.3 Å². The van der Waals surface area contributed by atoms with Crippen LogP contribution >= 0.6 is 0 Å². The van der Waals surface area contributed by atoms with Crippen molar-refractivity contribution in [3.63, 3.8) is 0 Å². The van der Waals surface area contributed by atoms with Crippen molar-refractivity contribution in [3.8, 4) is 5.75 Å². The fourth-order valence-corrected chi connectivity index (χ4v) is 2.54. The Balaban J connectivity index is 1.90. The third kappa shape index (κ3) is 2.57. The number of rotatable bonds is 1. The molecule has 0 saturated carbocycles. The SMILES string of the molecule is Cc1cccc(C(=O)N2CCOc3ccccc3C2)c1N. The molecule has 2 N–H and O–H groups in total. The van der Waals surface area contributed by atoms with E-state index in [-0.39, 0.29) is 5.91 Å². The molecule has 108 valence electrons. The van der Waals surface area contributed by atoms with E-state index in [1.165, 1.54) is 0 Å². The van der Waals surface area contributed by atoms with Crippen LogP contribution in [0.4, 0.5) is 5.69 Å². The minimum atomic E-state index is -0.0449. The summed E-state index contributed by atoms with van der Waals surface area (Å²) in [6, 6.07) is 13.4. The molecule has 3 rings (SSSR count). The van der Waals surface area contributed by atoms with E-state index in [4.69, 9.17) is 10.5 Å². The maximum atomic E-state index is 12.7. The fourth-order valence-electron chi connectivity index (χ4n) is 2.54. The van der Waals surface area contributed by atoms with Gasteiger partial charge in [0.15, 0.2) is 0 Å². The van der Waals surface area contributed by atoms with Crippen LogP contribution in [0.2, 0.25) is 0 Å². The number of hydrogen-bond acceptors (Lipinski definition) is 3. The lowest BCUT2D eigenvalue weighted by atomic mass is 10.1. The van der Waals surface area contributed by atoms with E-state index < -0.39 is 0 Å². The first-order chi connectivity index (χ1) is 10.2. The third-order valence-electron chi connectivity index (χ3n) is 3.79. The van der Waals surface area contributed by atoms with Gasteiger partial charge in [-0.15, -0.1) is 0 Å². The summed E-state index contributed by atoms with van der Waals surface area (Å²) in [5.74, 6) is 0.807. The molecule has 0 saturated heterocycles. The number of benzene rings is 2. The molecule has 4 heteroatoms. The van der Waals surface area contributed by atoms with Crippen LogP contribution in [-0.2, 0) is 6.54 Å². The Kier molecular flexibility index (Phi) is 3.52. The summed E-state index contributed by atoms with van der Waals surface area (Å²) in [6.45, 7) is 3.50. The smallest absolute Gasteiger partial charge is 0.256 e. The van der Waals surface area contributed by atoms with Crippen LogP contribution in [-0.4, -0.2) is 24.0 Å². The molecule has 0 aromatic heterocycles. The van der Waals surface area contributed by atoms with Crippen LogP contribution in [0, 0.1) is 6.92 Å². The molecule has 1 amide bonds. The zero-order chi connectivity index (χ0) is 14.8. The fraction of sp³-hybridized carbons (Fsp3) is 0.235. The molecule has 0 aliphatic carbocycles. The number of fused-ring (bicyclic) bond motifs is 1. The van der Waals surface area contributed by atoms with Gasteiger partial charge in [-0.3, -0.25) is 4.79 Å². The second-order valence-electron chi connectivity index (χ2n) is 5.22. The molecular formula is C17H18N2O2. The van der Waals surface area contributed by atoms with Crippen molar-refractivity contribution in [3.05, 3.63) is 59.2 Å². The van der Waals surface area contributed by atoms with E-state index in [0.29, 0.717) is 30.9 Å². The number of carbonyl (C=O) groups is 1. The number of hydrogen-bond donors (Lipinski definition) is 1. The first-order valence-electron chi connectivity index (χ1n) is 7.02. The first kappa shape index (κ1) is 13.5. The highest BCUT2D eigenvalue weighted by Gasteiger charge is 2.22. The quantitative estimate of drug-likeness (QED) is 0.818. The van der Waals surface area contributed by atoms with Crippen LogP contribution in [0.5, 0.6) is 5.75 Å². The number of para-hydroxylation sites is 2. The number of ether oxygens (including phenoxy) is 1. The molecule has 2 aromatic rings. The zero-order valence-electron chi connectivity index (χ0n) is 12.0. The van der Waals surface area contributed by atoms with Gasteiger partial charge in [-0.25, -0.2) is 0 Å². The molecule has 0 fully saturated rings. The van der Waals surface area contributed by atoms with Crippen LogP contribution in [0.25, 0.3) is 0 Å². The molecule has 0 radical (unpaired) electrons. The molecule has 1 aliphatic rings. The van der Waals surface area contributed by atoms with Gasteiger partial charge in [0.2, 0.25) is 0 Å². The Labute approximate surface area is 124 Å². The zero-order valence-corrected chi connectivity index (χ0v) is 12.0. The number of carbonyl (C=O) groups excluding carboxylic acids is 1. The lowest BCUT2D eigenvalue weighted by molar-refractivity contribution is 0.0734. The Bertz CT molecular complexity index is 682. The summed E-state index contributed by atoms with van der Waals surface area (Å²) >= 11 is 0. The highest BCUT2D eigenvalue weighted by Crippen LogP contribution is 2.25. The molecule has 21 heavy (non-hydrogen) atoms. The standard InChI is InChI=1S/C17H18N2O2/c1-12-5-4-7-14(16(12)18)17(20)19-9-10-21-15-8-3-2-6-13(15)11-19/h2-8H,9-11,18H2,1H3. The molecule has 1 heterocycles. The predicted octanol–water partition coefficient (Wildman–Crippen LogP) is 2.61. The highest BCUT2D eigenvalue weighted by atomic mass is 16.5. The van der Waals surface area contributed by atoms with E-state index in [1.807, 2.05) is 43.3 Å². The van der Waals surface area contributed by atoms with Gasteiger partial charge in [-0.05, 0) is 24.6 Å². The van der Waals surface area contributed by atoms with Gasteiger partial charge in [0.05, 0.1) is 12.1 Å². The lowest BCUT2D eigenvalue weighted by Gasteiger charge is -2.21. The van der Waals surface area contributed by atoms with Crippen molar-refractivity contribution in [2.45, 2.75) is 13.5 Å². The second-order valence-corrected chi connectivity index (χ2v) is 5.22. The molecule has 0 bridgehead atoms. The molecule has 0 atom stereocenters. The molecule has 0 spiro atoms. The number of anilines is 1. The van der Waals surface area contributed by atoms with Gasteiger partial charge in [-0.2, -0.15) is 0 Å². The van der Waals surface area contributed by atoms with Gasteiger partial charge in [0.1, 0.15) is 12.4 Å². The van der Waals surface area contributed by atoms with E-state index >= 15 is 0 Å². The Hall–Kier alpha value is -2.49. The third-order valence-corrected chi connectivity index (χ3v) is 3.79. The lowest BCUT2D eigenvalue weighted by Crippen LogP contribution is -2.33. The summed E-state index contributed by atoms with van der Waals surface area (Å²) in [5.41, 5.74) is 9.11. The van der Waals surface area contributed by atoms with E-state index in [9.17, 15) is 4.79 Å². The highest BCUT2D eigenvalue weighted by molar-refractivity contribution is 5.99. The van der Waals surface area contributed by atoms with Crippen molar-refractivity contribution >= 4 is 11.6 Å². The number of aryl methyl sites for hydroxylation is 1. The van der Waals surface area contributed by atoms with Crippen LogP contribution in [0.15, 0.2) is 42.5 Å². The molecule has 2 aromatic carbocycles. The van der Waals surface area contributed by atoms with E-state index in [1.54, 1.807) is 11.0 Å². The average Bonchev–Trinajstić information content (AvgIpc) is 2.71. The largest absolute Gasteiger partial charge is 0.491 e.